The molecule has 2 amide bonds. The van der Waals surface area contributed by atoms with Gasteiger partial charge in [-0.3, -0.25) is 9.59 Å². The highest BCUT2D eigenvalue weighted by Crippen LogP contribution is 2.14. The van der Waals surface area contributed by atoms with E-state index in [0.29, 0.717) is 22.5 Å². The van der Waals surface area contributed by atoms with Crippen molar-refractivity contribution in [2.24, 2.45) is 0 Å². The Hall–Kier alpha value is -3.19. The highest BCUT2D eigenvalue weighted by Gasteiger charge is 2.19. The summed E-state index contributed by atoms with van der Waals surface area (Å²) < 4.78 is 5.15. The second kappa shape index (κ2) is 8.77. The van der Waals surface area contributed by atoms with Crippen LogP contribution in [0, 0.1) is 0 Å². The number of anilines is 2. The molecule has 2 rings (SSSR count). The number of carbonyl (C=O) groups excluding carboxylic acids is 3. The van der Waals surface area contributed by atoms with Crippen molar-refractivity contribution in [3.05, 3.63) is 59.7 Å². The van der Waals surface area contributed by atoms with Crippen molar-refractivity contribution < 1.29 is 24.2 Å². The highest BCUT2D eigenvalue weighted by molar-refractivity contribution is 5.97. The van der Waals surface area contributed by atoms with Crippen molar-refractivity contribution in [2.45, 2.75) is 26.6 Å². The van der Waals surface area contributed by atoms with Gasteiger partial charge in [0.15, 0.2) is 6.10 Å². The molecule has 0 saturated heterocycles. The number of aliphatic hydroxyl groups excluding tert-OH is 1. The standard InChI is InChI=1S/C19H20N2O5/c1-12(26-19(25)15-5-3-14(11-22)4-6-15)18(24)21-17-9-7-16(8-10-17)20-13(2)23/h3-10,12,22H,11H2,1-2H3,(H,20,23)(H,21,24). The molecule has 7 heteroatoms. The van der Waals surface area contributed by atoms with Crippen LogP contribution in [0.1, 0.15) is 29.8 Å². The van der Waals surface area contributed by atoms with Crippen LogP contribution in [0.4, 0.5) is 11.4 Å². The molecule has 0 radical (unpaired) electrons. The van der Waals surface area contributed by atoms with E-state index in [9.17, 15) is 14.4 Å². The van der Waals surface area contributed by atoms with Crippen molar-refractivity contribution in [2.75, 3.05) is 10.6 Å². The molecule has 0 fully saturated rings. The molecule has 3 N–H and O–H groups in total. The molecule has 0 heterocycles. The van der Waals surface area contributed by atoms with Gasteiger partial charge in [0.05, 0.1) is 12.2 Å². The van der Waals surface area contributed by atoms with Gasteiger partial charge in [-0.05, 0) is 48.9 Å². The van der Waals surface area contributed by atoms with Crippen LogP contribution in [-0.4, -0.2) is 29.0 Å². The molecule has 0 aliphatic heterocycles. The lowest BCUT2D eigenvalue weighted by atomic mass is 10.1. The third kappa shape index (κ3) is 5.42. The topological polar surface area (TPSA) is 105 Å². The number of carbonyl (C=O) groups is 3. The monoisotopic (exact) mass is 356 g/mol. The van der Waals surface area contributed by atoms with Crippen LogP contribution in [-0.2, 0) is 20.9 Å². The van der Waals surface area contributed by atoms with Crippen LogP contribution >= 0.6 is 0 Å². The van der Waals surface area contributed by atoms with Crippen molar-refractivity contribution in [3.8, 4) is 0 Å². The van der Waals surface area contributed by atoms with Gasteiger partial charge in [0.1, 0.15) is 0 Å². The fraction of sp³-hybridized carbons (Fsp3) is 0.211. The first-order valence-electron chi connectivity index (χ1n) is 7.98. The van der Waals surface area contributed by atoms with Gasteiger partial charge in [-0.2, -0.15) is 0 Å². The highest BCUT2D eigenvalue weighted by atomic mass is 16.5. The molecule has 0 aromatic heterocycles. The molecule has 0 saturated carbocycles. The van der Waals surface area contributed by atoms with E-state index in [1.165, 1.54) is 26.0 Å². The van der Waals surface area contributed by atoms with Gasteiger partial charge >= 0.3 is 5.97 Å². The third-order valence-electron chi connectivity index (χ3n) is 3.50. The number of amides is 2. The van der Waals surface area contributed by atoms with Gasteiger partial charge in [-0.15, -0.1) is 0 Å². The number of aliphatic hydroxyl groups is 1. The molecule has 26 heavy (non-hydrogen) atoms. The van der Waals surface area contributed by atoms with Gasteiger partial charge < -0.3 is 20.5 Å². The first-order chi connectivity index (χ1) is 12.4. The molecule has 7 nitrogen and oxygen atoms in total. The van der Waals surface area contributed by atoms with Crippen LogP contribution in [0.25, 0.3) is 0 Å². The summed E-state index contributed by atoms with van der Waals surface area (Å²) in [5.41, 5.74) is 2.09. The molecule has 0 aliphatic rings. The Labute approximate surface area is 151 Å². The number of nitrogens with one attached hydrogen (secondary N) is 2. The third-order valence-corrected chi connectivity index (χ3v) is 3.50. The van der Waals surface area contributed by atoms with Crippen molar-refractivity contribution >= 4 is 29.2 Å². The Kier molecular flexibility index (Phi) is 6.46. The predicted octanol–water partition coefficient (Wildman–Crippen LogP) is 2.32. The Balaban J connectivity index is 1.91. The van der Waals surface area contributed by atoms with Crippen LogP contribution in [0.15, 0.2) is 48.5 Å². The second-order valence-electron chi connectivity index (χ2n) is 5.65. The Bertz CT molecular complexity index is 785. The summed E-state index contributed by atoms with van der Waals surface area (Å²) in [7, 11) is 0. The molecular formula is C19H20N2O5. The molecule has 0 aliphatic carbocycles. The lowest BCUT2D eigenvalue weighted by Gasteiger charge is -2.14. The minimum absolute atomic E-state index is 0.116. The van der Waals surface area contributed by atoms with Crippen molar-refractivity contribution in [1.29, 1.82) is 0 Å². The quantitative estimate of drug-likeness (QED) is 0.689. The number of benzene rings is 2. The van der Waals surface area contributed by atoms with E-state index in [-0.39, 0.29) is 12.5 Å². The maximum Gasteiger partial charge on any atom is 0.338 e. The molecule has 1 atom stereocenters. The van der Waals surface area contributed by atoms with Gasteiger partial charge in [0.2, 0.25) is 5.91 Å². The van der Waals surface area contributed by atoms with Gasteiger partial charge in [-0.1, -0.05) is 12.1 Å². The molecule has 0 spiro atoms. The van der Waals surface area contributed by atoms with Crippen LogP contribution in [0.2, 0.25) is 0 Å². The molecular weight excluding hydrogens is 336 g/mol. The number of hydrogen-bond acceptors (Lipinski definition) is 5. The van der Waals surface area contributed by atoms with Crippen LogP contribution in [0.3, 0.4) is 0 Å². The Morgan fingerprint density at radius 3 is 2.00 bits per heavy atom. The summed E-state index contributed by atoms with van der Waals surface area (Å²) in [5, 5.41) is 14.3. The minimum atomic E-state index is -0.991. The zero-order chi connectivity index (χ0) is 19.1. The van der Waals surface area contributed by atoms with E-state index < -0.39 is 18.0 Å². The zero-order valence-corrected chi connectivity index (χ0v) is 14.5. The normalized spacial score (nSPS) is 11.3. The lowest BCUT2D eigenvalue weighted by Crippen LogP contribution is -2.30. The molecule has 2 aromatic carbocycles. The van der Waals surface area contributed by atoms with Gasteiger partial charge in [0.25, 0.3) is 5.91 Å². The summed E-state index contributed by atoms with van der Waals surface area (Å²) in [6.07, 6.45) is -0.991. The summed E-state index contributed by atoms with van der Waals surface area (Å²) >= 11 is 0. The lowest BCUT2D eigenvalue weighted by molar-refractivity contribution is -0.123. The number of hydrogen-bond donors (Lipinski definition) is 3. The number of rotatable bonds is 6. The van der Waals surface area contributed by atoms with Gasteiger partial charge in [-0.25, -0.2) is 4.79 Å². The Morgan fingerprint density at radius 1 is 0.962 bits per heavy atom. The molecule has 1 unspecified atom stereocenters. The predicted molar refractivity (Wildman–Crippen MR) is 96.6 cm³/mol. The van der Waals surface area contributed by atoms with E-state index in [0.717, 1.165) is 0 Å². The second-order valence-corrected chi connectivity index (χ2v) is 5.65. The summed E-state index contributed by atoms with van der Waals surface area (Å²) in [4.78, 5) is 35.2. The molecule has 0 bridgehead atoms. The van der Waals surface area contributed by atoms with E-state index >= 15 is 0 Å². The summed E-state index contributed by atoms with van der Waals surface area (Å²) in [5.74, 6) is -1.29. The van der Waals surface area contributed by atoms with E-state index in [4.69, 9.17) is 9.84 Å². The van der Waals surface area contributed by atoms with Crippen LogP contribution < -0.4 is 10.6 Å². The maximum absolute atomic E-state index is 12.2. The average Bonchev–Trinajstić information content (AvgIpc) is 2.62. The Morgan fingerprint density at radius 2 is 1.50 bits per heavy atom. The first kappa shape index (κ1) is 19.1. The zero-order valence-electron chi connectivity index (χ0n) is 14.5. The maximum atomic E-state index is 12.2. The number of ether oxygens (including phenoxy) is 1. The number of esters is 1. The first-order valence-corrected chi connectivity index (χ1v) is 7.98. The largest absolute Gasteiger partial charge is 0.449 e. The van der Waals surface area contributed by atoms with Crippen LogP contribution in [0.5, 0.6) is 0 Å². The minimum Gasteiger partial charge on any atom is -0.449 e. The smallest absolute Gasteiger partial charge is 0.338 e. The van der Waals surface area contributed by atoms with Crippen molar-refractivity contribution in [3.63, 3.8) is 0 Å². The summed E-state index contributed by atoms with van der Waals surface area (Å²) in [6.45, 7) is 2.76. The molecule has 2 aromatic rings. The summed E-state index contributed by atoms with van der Waals surface area (Å²) in [6, 6.07) is 12.8. The molecule has 136 valence electrons. The van der Waals surface area contributed by atoms with E-state index in [1.54, 1.807) is 36.4 Å². The average molecular weight is 356 g/mol. The fourth-order valence-electron chi connectivity index (χ4n) is 2.11. The van der Waals surface area contributed by atoms with E-state index in [1.807, 2.05) is 0 Å². The van der Waals surface area contributed by atoms with Gasteiger partial charge in [0, 0.05) is 18.3 Å². The van der Waals surface area contributed by atoms with Crippen molar-refractivity contribution in [1.82, 2.24) is 0 Å². The van der Waals surface area contributed by atoms with E-state index in [2.05, 4.69) is 10.6 Å². The fourth-order valence-corrected chi connectivity index (χ4v) is 2.11. The SMILES string of the molecule is CC(=O)Nc1ccc(NC(=O)C(C)OC(=O)c2ccc(CO)cc2)cc1.